The zero-order valence-electron chi connectivity index (χ0n) is 34.0. The molecule has 0 bridgehead atoms. The molecule has 59 heavy (non-hydrogen) atoms. The van der Waals surface area contributed by atoms with Crippen LogP contribution in [0.15, 0.2) is 200 Å². The number of hydrogen-bond donors (Lipinski definition) is 0. The van der Waals surface area contributed by atoms with E-state index in [0.29, 0.717) is 0 Å². The van der Waals surface area contributed by atoms with Gasteiger partial charge < -0.3 is 4.90 Å². The Hall–Kier alpha value is -6.96. The minimum atomic E-state index is -0.147. The molecule has 0 heterocycles. The van der Waals surface area contributed by atoms with Gasteiger partial charge in [-0.2, -0.15) is 0 Å². The van der Waals surface area contributed by atoms with E-state index in [1.807, 2.05) is 0 Å². The van der Waals surface area contributed by atoms with Gasteiger partial charge >= 0.3 is 0 Å². The van der Waals surface area contributed by atoms with Crippen molar-refractivity contribution in [2.45, 2.75) is 38.5 Å². The number of nitrogens with zero attached hydrogens (tertiary/aromatic N) is 1. The van der Waals surface area contributed by atoms with E-state index in [2.05, 4.69) is 233 Å². The van der Waals surface area contributed by atoms with E-state index < -0.39 is 0 Å². The summed E-state index contributed by atoms with van der Waals surface area (Å²) in [6.07, 6.45) is 0. The zero-order chi connectivity index (χ0) is 39.9. The van der Waals surface area contributed by atoms with E-state index in [-0.39, 0.29) is 10.8 Å². The molecule has 9 aromatic carbocycles. The van der Waals surface area contributed by atoms with E-state index in [0.717, 1.165) is 17.1 Å². The summed E-state index contributed by atoms with van der Waals surface area (Å²) in [6.45, 7) is 9.48. The monoisotopic (exact) mass is 755 g/mol. The summed E-state index contributed by atoms with van der Waals surface area (Å²) < 4.78 is 0. The molecule has 2 aliphatic carbocycles. The SMILES string of the molecule is CC1(C)c2ccccc2-c2ccc(N(c3cccc(-c4ccccc4)c3-c3ccccc3)c3ccc(-c4cccc5c4-c4ccccc4C5(C)C)c4ccccc34)cc21. The first kappa shape index (κ1) is 35.2. The Morgan fingerprint density at radius 3 is 1.59 bits per heavy atom. The molecule has 0 atom stereocenters. The Balaban J connectivity index is 1.20. The predicted octanol–water partition coefficient (Wildman–Crippen LogP) is 15.9. The van der Waals surface area contributed by atoms with Crippen LogP contribution < -0.4 is 4.90 Å². The van der Waals surface area contributed by atoms with E-state index in [1.54, 1.807) is 0 Å². The lowest BCUT2D eigenvalue weighted by atomic mass is 9.81. The van der Waals surface area contributed by atoms with Crippen molar-refractivity contribution in [2.75, 3.05) is 4.90 Å². The third-order valence-corrected chi connectivity index (χ3v) is 13.3. The summed E-state index contributed by atoms with van der Waals surface area (Å²) in [5, 5.41) is 2.44. The number of fused-ring (bicyclic) bond motifs is 7. The van der Waals surface area contributed by atoms with Crippen LogP contribution in [0.25, 0.3) is 66.4 Å². The quantitative estimate of drug-likeness (QED) is 0.163. The molecule has 9 aromatic rings. The maximum atomic E-state index is 2.54. The molecule has 0 saturated heterocycles. The van der Waals surface area contributed by atoms with E-state index in [9.17, 15) is 0 Å². The fraction of sp³-hybridized carbons (Fsp3) is 0.103. The van der Waals surface area contributed by atoms with Gasteiger partial charge in [0.2, 0.25) is 0 Å². The fourth-order valence-electron chi connectivity index (χ4n) is 10.4. The molecule has 0 aliphatic heterocycles. The molecular formula is C58H45N. The van der Waals surface area contributed by atoms with Gasteiger partial charge in [-0.05, 0) is 102 Å². The van der Waals surface area contributed by atoms with Crippen LogP contribution in [0.2, 0.25) is 0 Å². The van der Waals surface area contributed by atoms with E-state index in [1.165, 1.54) is 88.7 Å². The molecule has 0 unspecified atom stereocenters. The zero-order valence-corrected chi connectivity index (χ0v) is 34.0. The summed E-state index contributed by atoms with van der Waals surface area (Å²) in [5.74, 6) is 0. The molecule has 0 aromatic heterocycles. The molecule has 0 radical (unpaired) electrons. The van der Waals surface area contributed by atoms with Crippen LogP contribution in [0.4, 0.5) is 17.1 Å². The highest BCUT2D eigenvalue weighted by Gasteiger charge is 2.38. The van der Waals surface area contributed by atoms with Crippen molar-refractivity contribution in [3.05, 3.63) is 222 Å². The Morgan fingerprint density at radius 1 is 0.305 bits per heavy atom. The molecule has 2 aliphatic rings. The molecule has 0 fully saturated rings. The normalized spacial score (nSPS) is 14.0. The second-order valence-electron chi connectivity index (χ2n) is 17.2. The topological polar surface area (TPSA) is 3.24 Å². The first-order valence-corrected chi connectivity index (χ1v) is 20.9. The summed E-state index contributed by atoms with van der Waals surface area (Å²) in [5.41, 5.74) is 21.4. The Labute approximate surface area is 347 Å². The minimum Gasteiger partial charge on any atom is -0.309 e. The van der Waals surface area contributed by atoms with Gasteiger partial charge in [0.15, 0.2) is 0 Å². The lowest BCUT2D eigenvalue weighted by Gasteiger charge is -2.32. The molecule has 282 valence electrons. The fourth-order valence-corrected chi connectivity index (χ4v) is 10.4. The lowest BCUT2D eigenvalue weighted by molar-refractivity contribution is 0.660. The largest absolute Gasteiger partial charge is 0.309 e. The summed E-state index contributed by atoms with van der Waals surface area (Å²) in [7, 11) is 0. The van der Waals surface area contributed by atoms with Crippen molar-refractivity contribution in [2.24, 2.45) is 0 Å². The molecular weight excluding hydrogens is 711 g/mol. The average Bonchev–Trinajstić information content (AvgIpc) is 3.66. The molecule has 0 spiro atoms. The Morgan fingerprint density at radius 2 is 0.831 bits per heavy atom. The van der Waals surface area contributed by atoms with Gasteiger partial charge in [0.1, 0.15) is 0 Å². The second-order valence-corrected chi connectivity index (χ2v) is 17.2. The molecule has 1 heteroatoms. The number of benzene rings is 9. The van der Waals surface area contributed by atoms with Gasteiger partial charge in [-0.15, -0.1) is 0 Å². The van der Waals surface area contributed by atoms with Gasteiger partial charge in [0, 0.05) is 27.5 Å². The van der Waals surface area contributed by atoms with Gasteiger partial charge in [-0.25, -0.2) is 0 Å². The molecule has 0 saturated carbocycles. The predicted molar refractivity (Wildman–Crippen MR) is 250 cm³/mol. The third kappa shape index (κ3) is 5.31. The van der Waals surface area contributed by atoms with Crippen LogP contribution in [-0.2, 0) is 10.8 Å². The smallest absolute Gasteiger partial charge is 0.0546 e. The first-order valence-electron chi connectivity index (χ1n) is 20.9. The Kier molecular flexibility index (Phi) is 7.94. The van der Waals surface area contributed by atoms with Crippen LogP contribution in [-0.4, -0.2) is 0 Å². The van der Waals surface area contributed by atoms with E-state index in [4.69, 9.17) is 0 Å². The molecule has 0 amide bonds. The van der Waals surface area contributed by atoms with Crippen molar-refractivity contribution >= 4 is 27.8 Å². The highest BCUT2D eigenvalue weighted by Crippen LogP contribution is 2.55. The van der Waals surface area contributed by atoms with Gasteiger partial charge in [-0.3, -0.25) is 0 Å². The second kappa shape index (κ2) is 13.3. The van der Waals surface area contributed by atoms with Gasteiger partial charge in [-0.1, -0.05) is 204 Å². The maximum absolute atomic E-state index is 2.54. The lowest BCUT2D eigenvalue weighted by Crippen LogP contribution is -2.17. The minimum absolute atomic E-state index is 0.0763. The standard InChI is InChI=1S/C58H45N/c1-57(2)50-30-16-14-26-48(50)56-47(28-17-31-51(56)57)43-35-36-53(46-25-12-11-23-42(43)46)59(40-33-34-45-44-24-13-15-29-49(44)58(3,4)52(45)37-40)54-32-18-27-41(38-19-7-5-8-20-38)55(54)39-21-9-6-10-22-39/h5-37H,1-4H3. The molecule has 0 N–H and O–H groups in total. The summed E-state index contributed by atoms with van der Waals surface area (Å²) >= 11 is 0. The van der Waals surface area contributed by atoms with E-state index >= 15 is 0 Å². The highest BCUT2D eigenvalue weighted by molar-refractivity contribution is 6.10. The molecule has 11 rings (SSSR count). The van der Waals surface area contributed by atoms with Crippen molar-refractivity contribution in [3.8, 4) is 55.6 Å². The van der Waals surface area contributed by atoms with Gasteiger partial charge in [0.25, 0.3) is 0 Å². The van der Waals surface area contributed by atoms with Crippen LogP contribution in [0, 0.1) is 0 Å². The number of anilines is 3. The van der Waals surface area contributed by atoms with Crippen molar-refractivity contribution in [1.82, 2.24) is 0 Å². The van der Waals surface area contributed by atoms with Crippen LogP contribution in [0.5, 0.6) is 0 Å². The number of hydrogen-bond acceptors (Lipinski definition) is 1. The van der Waals surface area contributed by atoms with Crippen molar-refractivity contribution in [1.29, 1.82) is 0 Å². The van der Waals surface area contributed by atoms with Crippen LogP contribution >= 0.6 is 0 Å². The average molecular weight is 756 g/mol. The van der Waals surface area contributed by atoms with Crippen molar-refractivity contribution < 1.29 is 0 Å². The Bertz CT molecular complexity index is 3100. The summed E-state index contributed by atoms with van der Waals surface area (Å²) in [6, 6.07) is 74.3. The van der Waals surface area contributed by atoms with Crippen LogP contribution in [0.3, 0.4) is 0 Å². The first-order chi connectivity index (χ1) is 28.8. The molecule has 1 nitrogen and oxygen atoms in total. The maximum Gasteiger partial charge on any atom is 0.0546 e. The van der Waals surface area contributed by atoms with Crippen LogP contribution in [0.1, 0.15) is 49.9 Å². The third-order valence-electron chi connectivity index (χ3n) is 13.3. The van der Waals surface area contributed by atoms with Crippen molar-refractivity contribution in [3.63, 3.8) is 0 Å². The number of rotatable bonds is 6. The van der Waals surface area contributed by atoms with Gasteiger partial charge in [0.05, 0.1) is 11.4 Å². The summed E-state index contributed by atoms with van der Waals surface area (Å²) in [4.78, 5) is 2.54. The highest BCUT2D eigenvalue weighted by atomic mass is 15.1.